The molecule has 0 amide bonds. The number of aromatic nitrogens is 1. The average molecular weight is 297 g/mol. The van der Waals surface area contributed by atoms with E-state index in [1.807, 2.05) is 24.3 Å². The van der Waals surface area contributed by atoms with Gasteiger partial charge in [0.25, 0.3) is 0 Å². The molecule has 3 aromatic rings. The lowest BCUT2D eigenvalue weighted by Gasteiger charge is -2.04. The maximum atomic E-state index is 13.4. The van der Waals surface area contributed by atoms with Crippen LogP contribution in [-0.4, -0.2) is 17.6 Å². The molecule has 112 valence electrons. The van der Waals surface area contributed by atoms with Crippen molar-refractivity contribution in [1.29, 1.82) is 0 Å². The summed E-state index contributed by atoms with van der Waals surface area (Å²) in [5.74, 6) is -0.575. The Kier molecular flexibility index (Phi) is 3.67. The molecule has 0 saturated heterocycles. The molecule has 0 radical (unpaired) electrons. The zero-order valence-corrected chi connectivity index (χ0v) is 12.4. The van der Waals surface area contributed by atoms with Crippen LogP contribution in [0.25, 0.3) is 22.0 Å². The number of halogens is 1. The van der Waals surface area contributed by atoms with E-state index in [0.29, 0.717) is 17.9 Å². The summed E-state index contributed by atoms with van der Waals surface area (Å²) in [5.41, 5.74) is 3.83. The van der Waals surface area contributed by atoms with Gasteiger partial charge in [-0.3, -0.25) is 0 Å². The maximum Gasteiger partial charge on any atom is 0.354 e. The van der Waals surface area contributed by atoms with Gasteiger partial charge >= 0.3 is 5.97 Å². The number of hydrogen-bond donors (Lipinski definition) is 1. The fourth-order valence-electron chi connectivity index (χ4n) is 2.46. The smallest absolute Gasteiger partial charge is 0.354 e. The minimum Gasteiger partial charge on any atom is -0.461 e. The van der Waals surface area contributed by atoms with E-state index in [2.05, 4.69) is 4.98 Å². The molecule has 1 heterocycles. The van der Waals surface area contributed by atoms with E-state index in [-0.39, 0.29) is 11.8 Å². The molecule has 0 aliphatic carbocycles. The first-order valence-corrected chi connectivity index (χ1v) is 7.15. The normalized spacial score (nSPS) is 10.9. The maximum absolute atomic E-state index is 13.4. The Morgan fingerprint density at radius 2 is 1.86 bits per heavy atom. The molecule has 1 N–H and O–H groups in total. The SMILES string of the molecule is CCOC(=O)c1cc2cc(-c3ccc(F)c(C)c3)ccc2[nH]1. The standard InChI is InChI=1S/C18H16FNO2/c1-3-22-18(21)17-10-14-9-13(5-7-16(14)20-17)12-4-6-15(19)11(2)8-12/h4-10,20H,3H2,1-2H3. The molecule has 3 rings (SSSR count). The van der Waals surface area contributed by atoms with Gasteiger partial charge in [-0.15, -0.1) is 0 Å². The van der Waals surface area contributed by atoms with Gasteiger partial charge in [-0.2, -0.15) is 0 Å². The second kappa shape index (κ2) is 5.64. The Hall–Kier alpha value is -2.62. The number of esters is 1. The van der Waals surface area contributed by atoms with Crippen molar-refractivity contribution in [3.8, 4) is 11.1 Å². The van der Waals surface area contributed by atoms with Crippen LogP contribution in [0.1, 0.15) is 23.0 Å². The largest absolute Gasteiger partial charge is 0.461 e. The summed E-state index contributed by atoms with van der Waals surface area (Å²) in [5, 5.41) is 0.919. The Morgan fingerprint density at radius 1 is 1.14 bits per heavy atom. The lowest BCUT2D eigenvalue weighted by atomic mass is 10.0. The highest BCUT2D eigenvalue weighted by Gasteiger charge is 2.11. The van der Waals surface area contributed by atoms with Crippen LogP contribution in [0.4, 0.5) is 4.39 Å². The average Bonchev–Trinajstić information content (AvgIpc) is 2.93. The van der Waals surface area contributed by atoms with Crippen LogP contribution in [0, 0.1) is 12.7 Å². The third-order valence-corrected chi connectivity index (χ3v) is 3.61. The number of hydrogen-bond acceptors (Lipinski definition) is 2. The van der Waals surface area contributed by atoms with Crippen molar-refractivity contribution < 1.29 is 13.9 Å². The number of benzene rings is 2. The van der Waals surface area contributed by atoms with Gasteiger partial charge in [0.1, 0.15) is 11.5 Å². The first kappa shape index (κ1) is 14.3. The topological polar surface area (TPSA) is 42.1 Å². The van der Waals surface area contributed by atoms with Gasteiger partial charge in [0, 0.05) is 10.9 Å². The van der Waals surface area contributed by atoms with Gasteiger partial charge in [-0.25, -0.2) is 9.18 Å². The second-order valence-corrected chi connectivity index (χ2v) is 5.17. The van der Waals surface area contributed by atoms with Gasteiger partial charge in [0.15, 0.2) is 0 Å². The Bertz CT molecular complexity index is 851. The predicted octanol–water partition coefficient (Wildman–Crippen LogP) is 4.46. The third-order valence-electron chi connectivity index (χ3n) is 3.61. The van der Waals surface area contributed by atoms with Crippen molar-refractivity contribution in [2.75, 3.05) is 6.61 Å². The number of H-pyrrole nitrogens is 1. The van der Waals surface area contributed by atoms with Crippen molar-refractivity contribution in [2.24, 2.45) is 0 Å². The Labute approximate surface area is 127 Å². The van der Waals surface area contributed by atoms with Gasteiger partial charge in [-0.05, 0) is 60.9 Å². The van der Waals surface area contributed by atoms with E-state index in [1.165, 1.54) is 6.07 Å². The van der Waals surface area contributed by atoms with Crippen molar-refractivity contribution in [1.82, 2.24) is 4.98 Å². The molecule has 1 aromatic heterocycles. The highest BCUT2D eigenvalue weighted by molar-refractivity contribution is 5.96. The van der Waals surface area contributed by atoms with Crippen LogP contribution in [0.15, 0.2) is 42.5 Å². The summed E-state index contributed by atoms with van der Waals surface area (Å²) in [7, 11) is 0. The van der Waals surface area contributed by atoms with E-state index < -0.39 is 0 Å². The van der Waals surface area contributed by atoms with Crippen molar-refractivity contribution >= 4 is 16.9 Å². The van der Waals surface area contributed by atoms with E-state index in [4.69, 9.17) is 4.74 Å². The molecule has 0 fully saturated rings. The molecule has 22 heavy (non-hydrogen) atoms. The number of rotatable bonds is 3. The van der Waals surface area contributed by atoms with Gasteiger partial charge in [-0.1, -0.05) is 12.1 Å². The van der Waals surface area contributed by atoms with Gasteiger partial charge in [0.2, 0.25) is 0 Å². The summed E-state index contributed by atoms with van der Waals surface area (Å²) in [6, 6.07) is 12.6. The van der Waals surface area contributed by atoms with Crippen LogP contribution >= 0.6 is 0 Å². The minimum absolute atomic E-state index is 0.212. The van der Waals surface area contributed by atoms with E-state index >= 15 is 0 Å². The Morgan fingerprint density at radius 3 is 2.59 bits per heavy atom. The van der Waals surface area contributed by atoms with Gasteiger partial charge in [0.05, 0.1) is 6.61 Å². The summed E-state index contributed by atoms with van der Waals surface area (Å²) >= 11 is 0. The summed E-state index contributed by atoms with van der Waals surface area (Å²) in [6.07, 6.45) is 0. The summed E-state index contributed by atoms with van der Waals surface area (Å²) in [4.78, 5) is 14.8. The molecule has 3 nitrogen and oxygen atoms in total. The van der Waals surface area contributed by atoms with Crippen LogP contribution < -0.4 is 0 Å². The molecule has 0 aliphatic heterocycles. The monoisotopic (exact) mass is 297 g/mol. The number of aryl methyl sites for hydroxylation is 1. The minimum atomic E-state index is -0.363. The molecule has 2 aromatic carbocycles. The van der Waals surface area contributed by atoms with Crippen molar-refractivity contribution in [2.45, 2.75) is 13.8 Å². The number of ether oxygens (including phenoxy) is 1. The molecular formula is C18H16FNO2. The molecular weight excluding hydrogens is 281 g/mol. The molecule has 0 aliphatic rings. The lowest BCUT2D eigenvalue weighted by Crippen LogP contribution is -2.04. The summed E-state index contributed by atoms with van der Waals surface area (Å²) < 4.78 is 18.4. The fraction of sp³-hybridized carbons (Fsp3) is 0.167. The molecule has 4 heteroatoms. The highest BCUT2D eigenvalue weighted by atomic mass is 19.1. The van der Waals surface area contributed by atoms with Crippen LogP contribution in [-0.2, 0) is 4.74 Å². The lowest BCUT2D eigenvalue weighted by molar-refractivity contribution is 0.0520. The molecule has 0 saturated carbocycles. The number of fused-ring (bicyclic) bond motifs is 1. The fourth-order valence-corrected chi connectivity index (χ4v) is 2.46. The Balaban J connectivity index is 2.02. The van der Waals surface area contributed by atoms with E-state index in [1.54, 1.807) is 26.0 Å². The first-order chi connectivity index (χ1) is 10.6. The zero-order valence-electron chi connectivity index (χ0n) is 12.4. The molecule has 0 spiro atoms. The number of carbonyl (C=O) groups is 1. The highest BCUT2D eigenvalue weighted by Crippen LogP contribution is 2.26. The van der Waals surface area contributed by atoms with E-state index in [9.17, 15) is 9.18 Å². The summed E-state index contributed by atoms with van der Waals surface area (Å²) in [6.45, 7) is 3.86. The van der Waals surface area contributed by atoms with Crippen LogP contribution in [0.5, 0.6) is 0 Å². The van der Waals surface area contributed by atoms with Crippen LogP contribution in [0.3, 0.4) is 0 Å². The first-order valence-electron chi connectivity index (χ1n) is 7.15. The molecule has 0 bridgehead atoms. The van der Waals surface area contributed by atoms with Gasteiger partial charge < -0.3 is 9.72 Å². The third kappa shape index (κ3) is 2.60. The van der Waals surface area contributed by atoms with Crippen LogP contribution in [0.2, 0.25) is 0 Å². The zero-order chi connectivity index (χ0) is 15.7. The molecule has 0 atom stereocenters. The number of carbonyl (C=O) groups excluding carboxylic acids is 1. The van der Waals surface area contributed by atoms with E-state index in [0.717, 1.165) is 22.0 Å². The van der Waals surface area contributed by atoms with Crippen molar-refractivity contribution in [3.05, 3.63) is 59.5 Å². The number of nitrogens with one attached hydrogen (secondary N) is 1. The quantitative estimate of drug-likeness (QED) is 0.725. The number of aromatic amines is 1. The van der Waals surface area contributed by atoms with Crippen molar-refractivity contribution in [3.63, 3.8) is 0 Å². The second-order valence-electron chi connectivity index (χ2n) is 5.17. The predicted molar refractivity (Wildman–Crippen MR) is 84.4 cm³/mol. The molecule has 0 unspecified atom stereocenters.